The second kappa shape index (κ2) is 11.9. The second-order valence-electron chi connectivity index (χ2n) is 7.79. The highest BCUT2D eigenvalue weighted by molar-refractivity contribution is 6.43. The third-order valence-electron chi connectivity index (χ3n) is 4.67. The van der Waals surface area contributed by atoms with Crippen molar-refractivity contribution < 1.29 is 24.7 Å². The van der Waals surface area contributed by atoms with Gasteiger partial charge in [-0.1, -0.05) is 33.3 Å². The normalized spacial score (nSPS) is 14.4. The average Bonchev–Trinajstić information content (AvgIpc) is 2.63. The van der Waals surface area contributed by atoms with Crippen molar-refractivity contribution >= 4 is 18.8 Å². The molecule has 28 heavy (non-hydrogen) atoms. The zero-order valence-corrected chi connectivity index (χ0v) is 17.3. The van der Waals surface area contributed by atoms with Crippen LogP contribution in [-0.2, 0) is 11.2 Å². The third-order valence-corrected chi connectivity index (χ3v) is 4.67. The summed E-state index contributed by atoms with van der Waals surface area (Å²) in [6.45, 7) is 7.33. The highest BCUT2D eigenvalue weighted by atomic mass is 16.4. The number of Topliss-reactive ketones (excluding diaryl/α,β-unsaturated/α-hetero) is 1. The quantitative estimate of drug-likeness (QED) is 0.316. The van der Waals surface area contributed by atoms with Gasteiger partial charge in [-0.3, -0.25) is 14.6 Å². The summed E-state index contributed by atoms with van der Waals surface area (Å²) in [7, 11) is -1.71. The largest absolute Gasteiger partial charge is 0.475 e. The van der Waals surface area contributed by atoms with Gasteiger partial charge in [-0.05, 0) is 43.7 Å². The Morgan fingerprint density at radius 3 is 2.36 bits per heavy atom. The molecule has 7 nitrogen and oxygen atoms in total. The number of aromatic nitrogens is 1. The van der Waals surface area contributed by atoms with Gasteiger partial charge in [-0.15, -0.1) is 0 Å². The number of hydrogen-bond donors (Lipinski definition) is 4. The van der Waals surface area contributed by atoms with Crippen LogP contribution in [0.4, 0.5) is 0 Å². The van der Waals surface area contributed by atoms with E-state index in [2.05, 4.69) is 17.2 Å². The Labute approximate surface area is 167 Å². The number of nitrogens with zero attached hydrogens (tertiary/aromatic N) is 1. The molecule has 0 saturated carbocycles. The van der Waals surface area contributed by atoms with Crippen molar-refractivity contribution in [3.63, 3.8) is 0 Å². The SMILES string of the molecule is CCCCc1ccc(C(=O)C[C@H](C(=O)N[C@@H](CC(C)C)B(O)O)[C@@H](C)O)nc1. The minimum Gasteiger partial charge on any atom is -0.426 e. The number of pyridine rings is 1. The van der Waals surface area contributed by atoms with E-state index in [1.807, 2.05) is 19.9 Å². The smallest absolute Gasteiger partial charge is 0.426 e. The van der Waals surface area contributed by atoms with Crippen LogP contribution in [0.3, 0.4) is 0 Å². The number of aryl methyl sites for hydroxylation is 1. The maximum atomic E-state index is 12.6. The fourth-order valence-corrected chi connectivity index (χ4v) is 2.96. The molecule has 0 bridgehead atoms. The number of hydrogen-bond acceptors (Lipinski definition) is 6. The summed E-state index contributed by atoms with van der Waals surface area (Å²) in [6.07, 6.45) is 3.78. The topological polar surface area (TPSA) is 120 Å². The fraction of sp³-hybridized carbons (Fsp3) is 0.650. The van der Waals surface area contributed by atoms with E-state index in [1.54, 1.807) is 12.3 Å². The summed E-state index contributed by atoms with van der Waals surface area (Å²) >= 11 is 0. The summed E-state index contributed by atoms with van der Waals surface area (Å²) in [6, 6.07) is 3.50. The summed E-state index contributed by atoms with van der Waals surface area (Å²) < 4.78 is 0. The number of rotatable bonds is 12. The van der Waals surface area contributed by atoms with E-state index < -0.39 is 31.0 Å². The van der Waals surface area contributed by atoms with Crippen LogP contribution in [0.5, 0.6) is 0 Å². The first-order valence-electron chi connectivity index (χ1n) is 9.98. The number of carbonyl (C=O) groups is 2. The van der Waals surface area contributed by atoms with Gasteiger partial charge >= 0.3 is 7.12 Å². The molecule has 0 radical (unpaired) electrons. The van der Waals surface area contributed by atoms with E-state index in [1.165, 1.54) is 6.92 Å². The summed E-state index contributed by atoms with van der Waals surface area (Å²) in [4.78, 5) is 29.3. The molecule has 0 aliphatic heterocycles. The predicted molar refractivity (Wildman–Crippen MR) is 109 cm³/mol. The summed E-state index contributed by atoms with van der Waals surface area (Å²) in [5.74, 6) is -2.65. The lowest BCUT2D eigenvalue weighted by molar-refractivity contribution is -0.128. The molecule has 156 valence electrons. The Hall–Kier alpha value is -1.77. The number of ketones is 1. The monoisotopic (exact) mass is 392 g/mol. The van der Waals surface area contributed by atoms with Gasteiger partial charge in [-0.2, -0.15) is 0 Å². The molecule has 1 rings (SSSR count). The molecule has 0 spiro atoms. The Balaban J connectivity index is 2.79. The molecule has 8 heteroatoms. The van der Waals surface area contributed by atoms with E-state index in [9.17, 15) is 24.7 Å². The number of unbranched alkanes of at least 4 members (excludes halogenated alkanes) is 1. The number of aliphatic hydroxyl groups excluding tert-OH is 1. The van der Waals surface area contributed by atoms with E-state index >= 15 is 0 Å². The highest BCUT2D eigenvalue weighted by Gasteiger charge is 2.32. The van der Waals surface area contributed by atoms with Gasteiger partial charge in [0.05, 0.1) is 18.0 Å². The van der Waals surface area contributed by atoms with Crippen molar-refractivity contribution in [3.8, 4) is 0 Å². The first kappa shape index (κ1) is 24.3. The van der Waals surface area contributed by atoms with Crippen LogP contribution in [0.25, 0.3) is 0 Å². The predicted octanol–water partition coefficient (Wildman–Crippen LogP) is 1.54. The van der Waals surface area contributed by atoms with Gasteiger partial charge < -0.3 is 20.5 Å². The molecule has 0 aromatic carbocycles. The molecule has 4 N–H and O–H groups in total. The van der Waals surface area contributed by atoms with Crippen LogP contribution in [-0.4, -0.2) is 51.0 Å². The van der Waals surface area contributed by atoms with Gasteiger partial charge in [-0.25, -0.2) is 0 Å². The fourth-order valence-electron chi connectivity index (χ4n) is 2.96. The average molecular weight is 392 g/mol. The number of carbonyl (C=O) groups excluding carboxylic acids is 2. The van der Waals surface area contributed by atoms with Crippen LogP contribution in [0, 0.1) is 11.8 Å². The molecule has 0 saturated heterocycles. The van der Waals surface area contributed by atoms with Gasteiger partial charge in [0, 0.05) is 12.6 Å². The Morgan fingerprint density at radius 2 is 1.89 bits per heavy atom. The van der Waals surface area contributed by atoms with Crippen LogP contribution >= 0.6 is 0 Å². The molecule has 1 amide bonds. The molecule has 1 heterocycles. The van der Waals surface area contributed by atoms with E-state index in [0.717, 1.165) is 24.8 Å². The van der Waals surface area contributed by atoms with Crippen molar-refractivity contribution in [1.29, 1.82) is 0 Å². The molecular formula is C20H33BN2O5. The highest BCUT2D eigenvalue weighted by Crippen LogP contribution is 2.16. The maximum absolute atomic E-state index is 12.6. The van der Waals surface area contributed by atoms with Crippen LogP contribution in [0.2, 0.25) is 0 Å². The maximum Gasteiger partial charge on any atom is 0.475 e. The lowest BCUT2D eigenvalue weighted by Crippen LogP contribution is -2.50. The number of nitrogens with one attached hydrogen (secondary N) is 1. The van der Waals surface area contributed by atoms with E-state index in [-0.39, 0.29) is 23.8 Å². The molecule has 0 aliphatic carbocycles. The molecule has 0 unspecified atom stereocenters. The number of amides is 1. The van der Waals surface area contributed by atoms with E-state index in [0.29, 0.717) is 6.42 Å². The molecule has 1 aromatic heterocycles. The molecule has 1 aromatic rings. The van der Waals surface area contributed by atoms with Gasteiger partial charge in [0.1, 0.15) is 5.69 Å². The molecule has 0 fully saturated rings. The number of aliphatic hydroxyl groups is 1. The van der Waals surface area contributed by atoms with Crippen LogP contribution < -0.4 is 5.32 Å². The zero-order chi connectivity index (χ0) is 21.3. The van der Waals surface area contributed by atoms with Gasteiger partial charge in [0.15, 0.2) is 5.78 Å². The molecule has 0 aliphatic rings. The standard InChI is InChI=1S/C20H33BN2O5/c1-5-6-7-15-8-9-17(22-12-15)18(25)11-16(14(4)24)20(26)23-19(21(27)28)10-13(2)3/h8-9,12-14,16,19,24,27-28H,5-7,10-11H2,1-4H3,(H,23,26)/t14-,16+,19+/m1/s1. The first-order valence-corrected chi connectivity index (χ1v) is 9.98. The summed E-state index contributed by atoms with van der Waals surface area (Å²) in [5, 5.41) is 31.5. The van der Waals surface area contributed by atoms with Crippen LogP contribution in [0.15, 0.2) is 18.3 Å². The Morgan fingerprint density at radius 1 is 1.21 bits per heavy atom. The second-order valence-corrected chi connectivity index (χ2v) is 7.79. The lowest BCUT2D eigenvalue weighted by Gasteiger charge is -2.24. The minimum atomic E-state index is -1.71. The third kappa shape index (κ3) is 8.08. The van der Waals surface area contributed by atoms with Gasteiger partial charge in [0.2, 0.25) is 5.91 Å². The molecule has 3 atom stereocenters. The lowest BCUT2D eigenvalue weighted by atomic mass is 9.74. The molecular weight excluding hydrogens is 359 g/mol. The van der Waals surface area contributed by atoms with Crippen molar-refractivity contribution in [2.45, 2.75) is 71.8 Å². The van der Waals surface area contributed by atoms with Crippen molar-refractivity contribution in [2.75, 3.05) is 0 Å². The van der Waals surface area contributed by atoms with Crippen molar-refractivity contribution in [3.05, 3.63) is 29.6 Å². The Bertz CT molecular complexity index is 620. The minimum absolute atomic E-state index is 0.133. The summed E-state index contributed by atoms with van der Waals surface area (Å²) in [5.41, 5.74) is 1.30. The van der Waals surface area contributed by atoms with Gasteiger partial charge in [0.25, 0.3) is 0 Å². The first-order chi connectivity index (χ1) is 13.1. The van der Waals surface area contributed by atoms with Crippen molar-refractivity contribution in [2.24, 2.45) is 11.8 Å². The Kier molecular flexibility index (Phi) is 10.3. The van der Waals surface area contributed by atoms with Crippen molar-refractivity contribution in [1.82, 2.24) is 10.3 Å². The zero-order valence-electron chi connectivity index (χ0n) is 17.3. The van der Waals surface area contributed by atoms with E-state index in [4.69, 9.17) is 0 Å². The van der Waals surface area contributed by atoms with Crippen LogP contribution in [0.1, 0.15) is 69.4 Å².